The molecule has 0 amide bonds. The third-order valence-corrected chi connectivity index (χ3v) is 3.29. The quantitative estimate of drug-likeness (QED) is 0.586. The van der Waals surface area contributed by atoms with Crippen LogP contribution in [0.3, 0.4) is 0 Å². The molecule has 2 aromatic rings. The SMILES string of the molecule is C1=C[C@@H]2O[C@@H]2c2ccc3ccccc3c21. The van der Waals surface area contributed by atoms with Gasteiger partial charge in [0.2, 0.25) is 0 Å². The fourth-order valence-corrected chi connectivity index (χ4v) is 2.46. The summed E-state index contributed by atoms with van der Waals surface area (Å²) in [6, 6.07) is 12.9. The standard InChI is InChI=1S/C14H10O/c1-2-4-10-9(3-1)5-6-12-11(10)7-8-13-14(12)15-13/h1-8,13-14H/t13-,14+/m0/s1. The number of hydrogen-bond acceptors (Lipinski definition) is 1. The smallest absolute Gasteiger partial charge is 0.114 e. The molecule has 1 aliphatic carbocycles. The topological polar surface area (TPSA) is 12.5 Å². The van der Waals surface area contributed by atoms with Crippen LogP contribution in [0, 0.1) is 0 Å². The predicted octanol–water partition coefficient (Wildman–Crippen LogP) is 3.31. The van der Waals surface area contributed by atoms with Gasteiger partial charge >= 0.3 is 0 Å². The van der Waals surface area contributed by atoms with Gasteiger partial charge in [-0.1, -0.05) is 48.6 Å². The monoisotopic (exact) mass is 194 g/mol. The van der Waals surface area contributed by atoms with Gasteiger partial charge in [0, 0.05) is 0 Å². The maximum absolute atomic E-state index is 5.57. The molecule has 1 heteroatoms. The predicted molar refractivity (Wildman–Crippen MR) is 60.6 cm³/mol. The van der Waals surface area contributed by atoms with Gasteiger partial charge in [-0.25, -0.2) is 0 Å². The van der Waals surface area contributed by atoms with E-state index in [2.05, 4.69) is 48.6 Å². The van der Waals surface area contributed by atoms with Crippen LogP contribution in [0.5, 0.6) is 0 Å². The second-order valence-corrected chi connectivity index (χ2v) is 4.17. The Morgan fingerprint density at radius 3 is 2.93 bits per heavy atom. The molecule has 0 saturated carbocycles. The first-order valence-corrected chi connectivity index (χ1v) is 5.29. The van der Waals surface area contributed by atoms with E-state index >= 15 is 0 Å². The van der Waals surface area contributed by atoms with Gasteiger partial charge in [-0.05, 0) is 21.9 Å². The average molecular weight is 194 g/mol. The van der Waals surface area contributed by atoms with Crippen LogP contribution in [0.2, 0.25) is 0 Å². The van der Waals surface area contributed by atoms with Crippen LogP contribution in [0.15, 0.2) is 42.5 Å². The Balaban J connectivity index is 2.13. The lowest BCUT2D eigenvalue weighted by atomic mass is 9.92. The number of rotatable bonds is 0. The summed E-state index contributed by atoms with van der Waals surface area (Å²) in [5.74, 6) is 0. The zero-order valence-electron chi connectivity index (χ0n) is 8.18. The third-order valence-electron chi connectivity index (χ3n) is 3.29. The van der Waals surface area contributed by atoms with E-state index in [0.717, 1.165) is 0 Å². The van der Waals surface area contributed by atoms with Crippen LogP contribution >= 0.6 is 0 Å². The molecule has 2 aliphatic rings. The molecule has 0 radical (unpaired) electrons. The first-order valence-electron chi connectivity index (χ1n) is 5.29. The summed E-state index contributed by atoms with van der Waals surface area (Å²) >= 11 is 0. The summed E-state index contributed by atoms with van der Waals surface area (Å²) in [6.45, 7) is 0. The minimum Gasteiger partial charge on any atom is -0.360 e. The number of epoxide rings is 1. The number of fused-ring (bicyclic) bond motifs is 5. The molecule has 0 unspecified atom stereocenters. The molecule has 1 fully saturated rings. The fourth-order valence-electron chi connectivity index (χ4n) is 2.46. The van der Waals surface area contributed by atoms with Crippen LogP contribution in [0.25, 0.3) is 16.8 Å². The molecule has 15 heavy (non-hydrogen) atoms. The van der Waals surface area contributed by atoms with E-state index in [0.29, 0.717) is 12.2 Å². The van der Waals surface area contributed by atoms with E-state index in [9.17, 15) is 0 Å². The van der Waals surface area contributed by atoms with E-state index in [4.69, 9.17) is 4.74 Å². The lowest BCUT2D eigenvalue weighted by Gasteiger charge is -2.10. The molecule has 72 valence electrons. The zero-order valence-corrected chi connectivity index (χ0v) is 8.18. The van der Waals surface area contributed by atoms with Gasteiger partial charge < -0.3 is 4.74 Å². The van der Waals surface area contributed by atoms with Gasteiger partial charge in [-0.15, -0.1) is 0 Å². The van der Waals surface area contributed by atoms with Gasteiger partial charge in [-0.2, -0.15) is 0 Å². The number of hydrogen-bond donors (Lipinski definition) is 0. The van der Waals surface area contributed by atoms with Gasteiger partial charge in [-0.3, -0.25) is 0 Å². The molecule has 2 aromatic carbocycles. The molecule has 0 aromatic heterocycles. The summed E-state index contributed by atoms with van der Waals surface area (Å²) in [4.78, 5) is 0. The van der Waals surface area contributed by atoms with Crippen LogP contribution in [-0.2, 0) is 4.74 Å². The van der Waals surface area contributed by atoms with Gasteiger partial charge in [0.25, 0.3) is 0 Å². The van der Waals surface area contributed by atoms with Crippen molar-refractivity contribution in [1.82, 2.24) is 0 Å². The van der Waals surface area contributed by atoms with E-state index in [1.165, 1.54) is 21.9 Å². The Kier molecular flexibility index (Phi) is 1.28. The summed E-state index contributed by atoms with van der Waals surface area (Å²) in [5.41, 5.74) is 2.69. The van der Waals surface area contributed by atoms with Crippen molar-refractivity contribution in [1.29, 1.82) is 0 Å². The zero-order chi connectivity index (χ0) is 9.83. The average Bonchev–Trinajstić information content (AvgIpc) is 3.07. The number of ether oxygens (including phenoxy) is 1. The van der Waals surface area contributed by atoms with Crippen molar-refractivity contribution < 1.29 is 4.74 Å². The highest BCUT2D eigenvalue weighted by Gasteiger charge is 2.41. The van der Waals surface area contributed by atoms with Crippen molar-refractivity contribution in [2.45, 2.75) is 12.2 Å². The minimum atomic E-state index is 0.328. The normalized spacial score (nSPS) is 26.1. The van der Waals surface area contributed by atoms with E-state index in [-0.39, 0.29) is 0 Å². The lowest BCUT2D eigenvalue weighted by molar-refractivity contribution is 0.395. The maximum Gasteiger partial charge on any atom is 0.114 e. The van der Waals surface area contributed by atoms with E-state index in [1.54, 1.807) is 0 Å². The molecule has 0 N–H and O–H groups in total. The Bertz CT molecular complexity index is 583. The number of benzene rings is 2. The van der Waals surface area contributed by atoms with Crippen molar-refractivity contribution in [2.75, 3.05) is 0 Å². The molecule has 1 heterocycles. The van der Waals surface area contributed by atoms with Crippen molar-refractivity contribution in [2.24, 2.45) is 0 Å². The Morgan fingerprint density at radius 1 is 1.00 bits per heavy atom. The summed E-state index contributed by atoms with van der Waals surface area (Å²) in [5, 5.41) is 2.64. The van der Waals surface area contributed by atoms with Crippen LogP contribution in [0.1, 0.15) is 17.2 Å². The lowest BCUT2D eigenvalue weighted by Crippen LogP contribution is -1.95. The first-order chi connectivity index (χ1) is 7.43. The molecule has 1 aliphatic heterocycles. The van der Waals surface area contributed by atoms with Crippen LogP contribution in [-0.4, -0.2) is 6.10 Å². The molecular weight excluding hydrogens is 184 g/mol. The van der Waals surface area contributed by atoms with E-state index < -0.39 is 0 Å². The third kappa shape index (κ3) is 0.959. The first kappa shape index (κ1) is 7.66. The molecule has 0 spiro atoms. The second-order valence-electron chi connectivity index (χ2n) is 4.17. The van der Waals surface area contributed by atoms with Crippen molar-refractivity contribution in [3.63, 3.8) is 0 Å². The van der Waals surface area contributed by atoms with Crippen LogP contribution in [0.4, 0.5) is 0 Å². The Hall–Kier alpha value is -1.60. The highest BCUT2D eigenvalue weighted by Crippen LogP contribution is 2.46. The maximum atomic E-state index is 5.57. The largest absolute Gasteiger partial charge is 0.360 e. The van der Waals surface area contributed by atoms with Crippen molar-refractivity contribution >= 4 is 16.8 Å². The summed E-state index contributed by atoms with van der Waals surface area (Å²) in [6.07, 6.45) is 5.04. The van der Waals surface area contributed by atoms with Gasteiger partial charge in [0.15, 0.2) is 0 Å². The van der Waals surface area contributed by atoms with Crippen LogP contribution < -0.4 is 0 Å². The second kappa shape index (κ2) is 2.50. The van der Waals surface area contributed by atoms with E-state index in [1.807, 2.05) is 0 Å². The molecule has 0 bridgehead atoms. The van der Waals surface area contributed by atoms with Crippen molar-refractivity contribution in [3.8, 4) is 0 Å². The molecule has 1 nitrogen and oxygen atoms in total. The van der Waals surface area contributed by atoms with Crippen molar-refractivity contribution in [3.05, 3.63) is 53.6 Å². The fraction of sp³-hybridized carbons (Fsp3) is 0.143. The van der Waals surface area contributed by atoms with Gasteiger partial charge in [0.1, 0.15) is 12.2 Å². The minimum absolute atomic E-state index is 0.328. The molecule has 4 rings (SSSR count). The Labute approximate surface area is 88.0 Å². The highest BCUT2D eigenvalue weighted by molar-refractivity contribution is 5.93. The molecule has 2 atom stereocenters. The molecular formula is C14H10O. The van der Waals surface area contributed by atoms with Gasteiger partial charge in [0.05, 0.1) is 0 Å². The summed E-state index contributed by atoms with van der Waals surface area (Å²) < 4.78 is 5.57. The molecule has 1 saturated heterocycles. The Morgan fingerprint density at radius 2 is 1.93 bits per heavy atom. The highest BCUT2D eigenvalue weighted by atomic mass is 16.6. The summed E-state index contributed by atoms with van der Waals surface area (Å²) in [7, 11) is 0.